The first-order chi connectivity index (χ1) is 3.69. The Kier molecular flexibility index (Phi) is 0.988. The Morgan fingerprint density at radius 1 is 1.62 bits per heavy atom. The number of nitrogens with one attached hydrogen (secondary N) is 1. The predicted octanol–water partition coefficient (Wildman–Crippen LogP) is -1.53. The second-order valence-electron chi connectivity index (χ2n) is 2.13. The van der Waals surface area contributed by atoms with Crippen molar-refractivity contribution in [3.05, 3.63) is 0 Å². The van der Waals surface area contributed by atoms with Crippen LogP contribution in [0.3, 0.4) is 0 Å². The van der Waals surface area contributed by atoms with Gasteiger partial charge in [0.25, 0.3) is 5.91 Å². The summed E-state index contributed by atoms with van der Waals surface area (Å²) in [6.45, 7) is 0. The molecule has 1 fully saturated rings. The maximum atomic E-state index is 10.5. The van der Waals surface area contributed by atoms with Crippen molar-refractivity contribution in [2.24, 2.45) is 11.6 Å². The van der Waals surface area contributed by atoms with Gasteiger partial charge in [-0.05, 0) is 12.8 Å². The van der Waals surface area contributed by atoms with Gasteiger partial charge in [-0.1, -0.05) is 0 Å². The SMILES string of the molecule is NNC(=O)C1(N)CC1. The van der Waals surface area contributed by atoms with Gasteiger partial charge in [0.1, 0.15) is 0 Å². The lowest BCUT2D eigenvalue weighted by atomic mass is 10.3. The Morgan fingerprint density at radius 3 is 2.25 bits per heavy atom. The van der Waals surface area contributed by atoms with E-state index >= 15 is 0 Å². The van der Waals surface area contributed by atoms with Gasteiger partial charge in [0, 0.05) is 0 Å². The quantitative estimate of drug-likeness (QED) is 0.220. The number of rotatable bonds is 1. The summed E-state index contributed by atoms with van der Waals surface area (Å²) in [5.41, 5.74) is 6.80. The average Bonchev–Trinajstić information content (AvgIpc) is 2.47. The number of hydrazine groups is 1. The summed E-state index contributed by atoms with van der Waals surface area (Å²) < 4.78 is 0. The highest BCUT2D eigenvalue weighted by Crippen LogP contribution is 2.31. The molecule has 46 valence electrons. The van der Waals surface area contributed by atoms with E-state index in [1.54, 1.807) is 0 Å². The van der Waals surface area contributed by atoms with Crippen LogP contribution in [0.25, 0.3) is 0 Å². The largest absolute Gasteiger partial charge is 0.317 e. The predicted molar refractivity (Wildman–Crippen MR) is 28.5 cm³/mol. The maximum absolute atomic E-state index is 10.5. The number of carbonyl (C=O) groups excluding carboxylic acids is 1. The van der Waals surface area contributed by atoms with Gasteiger partial charge in [0.05, 0.1) is 5.54 Å². The maximum Gasteiger partial charge on any atom is 0.253 e. The molecule has 0 radical (unpaired) electrons. The average molecular weight is 115 g/mol. The molecule has 0 heterocycles. The molecule has 1 saturated carbocycles. The van der Waals surface area contributed by atoms with Crippen molar-refractivity contribution >= 4 is 5.91 Å². The third-order valence-corrected chi connectivity index (χ3v) is 1.37. The molecule has 0 saturated heterocycles. The highest BCUT2D eigenvalue weighted by atomic mass is 16.2. The summed E-state index contributed by atoms with van der Waals surface area (Å²) in [6.07, 6.45) is 1.52. The molecule has 4 nitrogen and oxygen atoms in total. The Labute approximate surface area is 47.2 Å². The minimum Gasteiger partial charge on any atom is -0.317 e. The molecule has 1 amide bonds. The number of hydrogen-bond acceptors (Lipinski definition) is 3. The van der Waals surface area contributed by atoms with Gasteiger partial charge in [-0.3, -0.25) is 10.2 Å². The lowest BCUT2D eigenvalue weighted by Crippen LogP contribution is -2.45. The molecular weight excluding hydrogens is 106 g/mol. The molecule has 0 spiro atoms. The zero-order valence-corrected chi connectivity index (χ0v) is 4.48. The molecule has 0 aromatic rings. The fourth-order valence-corrected chi connectivity index (χ4v) is 0.505. The summed E-state index contributed by atoms with van der Waals surface area (Å²) in [5, 5.41) is 0. The molecule has 0 unspecified atom stereocenters. The van der Waals surface area contributed by atoms with Crippen LogP contribution in [0.15, 0.2) is 0 Å². The van der Waals surface area contributed by atoms with Crippen LogP contribution < -0.4 is 17.0 Å². The highest BCUT2D eigenvalue weighted by Gasteiger charge is 2.45. The van der Waals surface area contributed by atoms with Crippen LogP contribution in [0.5, 0.6) is 0 Å². The van der Waals surface area contributed by atoms with E-state index in [0.717, 1.165) is 12.8 Å². The van der Waals surface area contributed by atoms with E-state index in [1.807, 2.05) is 5.43 Å². The van der Waals surface area contributed by atoms with E-state index < -0.39 is 5.54 Å². The number of hydrogen-bond donors (Lipinski definition) is 3. The van der Waals surface area contributed by atoms with Gasteiger partial charge < -0.3 is 5.73 Å². The third kappa shape index (κ3) is 0.677. The number of amides is 1. The van der Waals surface area contributed by atoms with Gasteiger partial charge in [-0.15, -0.1) is 0 Å². The summed E-state index contributed by atoms with van der Waals surface area (Å²) in [6, 6.07) is 0. The van der Waals surface area contributed by atoms with Crippen LogP contribution in [0.4, 0.5) is 0 Å². The monoisotopic (exact) mass is 115 g/mol. The summed E-state index contributed by atoms with van der Waals surface area (Å²) in [4.78, 5) is 10.5. The minimum absolute atomic E-state index is 0.252. The fraction of sp³-hybridized carbons (Fsp3) is 0.750. The van der Waals surface area contributed by atoms with Crippen LogP contribution in [-0.4, -0.2) is 11.4 Å². The molecule has 1 aliphatic carbocycles. The summed E-state index contributed by atoms with van der Waals surface area (Å²) >= 11 is 0. The molecular formula is C4H9N3O. The van der Waals surface area contributed by atoms with Crippen molar-refractivity contribution in [1.29, 1.82) is 0 Å². The molecule has 1 aliphatic rings. The molecule has 4 heteroatoms. The first-order valence-electron chi connectivity index (χ1n) is 2.49. The van der Waals surface area contributed by atoms with Gasteiger partial charge in [0.15, 0.2) is 0 Å². The summed E-state index contributed by atoms with van der Waals surface area (Å²) in [5.74, 6) is 4.57. The Balaban J connectivity index is 2.46. The van der Waals surface area contributed by atoms with Gasteiger partial charge in [0.2, 0.25) is 0 Å². The van der Waals surface area contributed by atoms with Gasteiger partial charge in [-0.25, -0.2) is 5.84 Å². The molecule has 0 bridgehead atoms. The zero-order chi connectivity index (χ0) is 6.20. The van der Waals surface area contributed by atoms with Gasteiger partial charge in [-0.2, -0.15) is 0 Å². The standard InChI is InChI=1S/C4H9N3O/c5-4(1-2-4)3(8)7-6/h1-2,5-6H2,(H,7,8). The molecule has 0 aromatic heterocycles. The summed E-state index contributed by atoms with van der Waals surface area (Å²) in [7, 11) is 0. The molecule has 0 aliphatic heterocycles. The Bertz CT molecular complexity index is 118. The Hall–Kier alpha value is -0.610. The van der Waals surface area contributed by atoms with Crippen molar-refractivity contribution in [3.63, 3.8) is 0 Å². The molecule has 8 heavy (non-hydrogen) atoms. The van der Waals surface area contributed by atoms with E-state index in [9.17, 15) is 4.79 Å². The van der Waals surface area contributed by atoms with Crippen molar-refractivity contribution in [3.8, 4) is 0 Å². The van der Waals surface area contributed by atoms with E-state index in [0.29, 0.717) is 0 Å². The zero-order valence-electron chi connectivity index (χ0n) is 4.48. The topological polar surface area (TPSA) is 81.1 Å². The van der Waals surface area contributed by atoms with Crippen LogP contribution >= 0.6 is 0 Å². The molecule has 0 atom stereocenters. The fourth-order valence-electron chi connectivity index (χ4n) is 0.505. The molecule has 0 aromatic carbocycles. The lowest BCUT2D eigenvalue weighted by Gasteiger charge is -2.03. The van der Waals surface area contributed by atoms with Crippen molar-refractivity contribution in [2.45, 2.75) is 18.4 Å². The van der Waals surface area contributed by atoms with Crippen LogP contribution in [0.1, 0.15) is 12.8 Å². The van der Waals surface area contributed by atoms with Crippen molar-refractivity contribution < 1.29 is 4.79 Å². The van der Waals surface area contributed by atoms with Crippen LogP contribution in [0, 0.1) is 0 Å². The van der Waals surface area contributed by atoms with Gasteiger partial charge >= 0.3 is 0 Å². The van der Waals surface area contributed by atoms with Crippen LogP contribution in [0.2, 0.25) is 0 Å². The first-order valence-corrected chi connectivity index (χ1v) is 2.49. The van der Waals surface area contributed by atoms with E-state index in [-0.39, 0.29) is 5.91 Å². The molecule has 5 N–H and O–H groups in total. The van der Waals surface area contributed by atoms with Crippen molar-refractivity contribution in [2.75, 3.05) is 0 Å². The highest BCUT2D eigenvalue weighted by molar-refractivity contribution is 5.88. The van der Waals surface area contributed by atoms with E-state index in [1.165, 1.54) is 0 Å². The van der Waals surface area contributed by atoms with E-state index in [2.05, 4.69) is 0 Å². The second kappa shape index (κ2) is 1.43. The first kappa shape index (κ1) is 5.53. The smallest absolute Gasteiger partial charge is 0.253 e. The minimum atomic E-state index is -0.616. The third-order valence-electron chi connectivity index (χ3n) is 1.37. The number of nitrogens with two attached hydrogens (primary N) is 2. The lowest BCUT2D eigenvalue weighted by molar-refractivity contribution is -0.123. The Morgan fingerprint density at radius 2 is 2.12 bits per heavy atom. The van der Waals surface area contributed by atoms with Crippen LogP contribution in [-0.2, 0) is 4.79 Å². The number of carbonyl (C=O) groups is 1. The van der Waals surface area contributed by atoms with E-state index in [4.69, 9.17) is 11.6 Å². The van der Waals surface area contributed by atoms with Crippen molar-refractivity contribution in [1.82, 2.24) is 5.43 Å². The second-order valence-corrected chi connectivity index (χ2v) is 2.13. The molecule has 1 rings (SSSR count). The normalized spacial score (nSPS) is 22.2.